The summed E-state index contributed by atoms with van der Waals surface area (Å²) in [6.45, 7) is 0. The van der Waals surface area contributed by atoms with Crippen LogP contribution in [0.5, 0.6) is 11.5 Å². The van der Waals surface area contributed by atoms with Gasteiger partial charge in [0.15, 0.2) is 0 Å². The molecule has 33 heavy (non-hydrogen) atoms. The topological polar surface area (TPSA) is 22.1 Å². The Hall–Kier alpha value is -3.88. The number of rotatable bonds is 1. The molecule has 0 amide bonds. The van der Waals surface area contributed by atoms with E-state index in [0.717, 1.165) is 44.5 Å². The summed E-state index contributed by atoms with van der Waals surface area (Å²) in [5.41, 5.74) is 8.42. The summed E-state index contributed by atoms with van der Waals surface area (Å²) in [7, 11) is 0. The second-order valence-corrected chi connectivity index (χ2v) is 8.89. The van der Waals surface area contributed by atoms with Crippen molar-refractivity contribution in [2.24, 2.45) is 0 Å². The minimum atomic E-state index is -0.496. The van der Waals surface area contributed by atoms with Crippen molar-refractivity contribution in [1.29, 1.82) is 0 Å². The van der Waals surface area contributed by atoms with Gasteiger partial charge in [-0.05, 0) is 47.0 Å². The maximum atomic E-state index is 6.82. The predicted molar refractivity (Wildman–Crippen MR) is 132 cm³/mol. The molecule has 2 aliphatic rings. The molecule has 0 N–H and O–H groups in total. The normalized spacial score (nSPS) is 17.0. The molecule has 7 rings (SSSR count). The van der Waals surface area contributed by atoms with E-state index in [1.165, 1.54) is 16.7 Å². The third-order valence-corrected chi connectivity index (χ3v) is 7.19. The van der Waals surface area contributed by atoms with E-state index in [1.807, 2.05) is 36.5 Å². The molecular formula is C30H18ClNO. The fourth-order valence-electron chi connectivity index (χ4n) is 5.60. The van der Waals surface area contributed by atoms with E-state index in [0.29, 0.717) is 0 Å². The molecule has 0 fully saturated rings. The zero-order chi connectivity index (χ0) is 22.0. The van der Waals surface area contributed by atoms with Gasteiger partial charge < -0.3 is 4.74 Å². The van der Waals surface area contributed by atoms with Gasteiger partial charge in [-0.3, -0.25) is 4.98 Å². The van der Waals surface area contributed by atoms with Gasteiger partial charge in [0.25, 0.3) is 0 Å². The first-order valence-corrected chi connectivity index (χ1v) is 11.4. The number of fused-ring (bicyclic) bond motifs is 9. The van der Waals surface area contributed by atoms with Crippen molar-refractivity contribution in [1.82, 2.24) is 4.98 Å². The van der Waals surface area contributed by atoms with Crippen LogP contribution in [-0.2, 0) is 5.41 Å². The standard InChI is InChI=1S/C30H18ClNO/c31-25-12-7-11-24-29(25)20-8-1-2-9-21(20)30(24)22-10-3-4-14-27(22)33-28-18-19(15-16-23(28)30)26-13-5-6-17-32-26/h1-18H. The second-order valence-electron chi connectivity index (χ2n) is 8.48. The second kappa shape index (κ2) is 6.81. The van der Waals surface area contributed by atoms with Crippen LogP contribution in [0.15, 0.2) is 109 Å². The lowest BCUT2D eigenvalue weighted by Crippen LogP contribution is -2.32. The lowest BCUT2D eigenvalue weighted by Gasteiger charge is -2.39. The summed E-state index contributed by atoms with van der Waals surface area (Å²) < 4.78 is 6.53. The summed E-state index contributed by atoms with van der Waals surface area (Å²) in [6.07, 6.45) is 1.82. The largest absolute Gasteiger partial charge is 0.457 e. The number of hydrogen-bond donors (Lipinski definition) is 0. The lowest BCUT2D eigenvalue weighted by atomic mass is 9.66. The van der Waals surface area contributed by atoms with Crippen LogP contribution in [0, 0.1) is 0 Å². The number of nitrogens with zero attached hydrogens (tertiary/aromatic N) is 1. The van der Waals surface area contributed by atoms with Crippen molar-refractivity contribution >= 4 is 11.6 Å². The monoisotopic (exact) mass is 443 g/mol. The van der Waals surface area contributed by atoms with Crippen LogP contribution in [0.4, 0.5) is 0 Å². The summed E-state index contributed by atoms with van der Waals surface area (Å²) in [5.74, 6) is 1.71. The van der Waals surface area contributed by atoms with Crippen LogP contribution in [0.2, 0.25) is 5.02 Å². The van der Waals surface area contributed by atoms with Crippen LogP contribution in [0.1, 0.15) is 22.3 Å². The fourth-order valence-corrected chi connectivity index (χ4v) is 5.88. The molecule has 0 radical (unpaired) electrons. The Morgan fingerprint density at radius 2 is 1.39 bits per heavy atom. The van der Waals surface area contributed by atoms with Crippen LogP contribution in [0.3, 0.4) is 0 Å². The number of pyridine rings is 1. The zero-order valence-corrected chi connectivity index (χ0v) is 18.4. The highest BCUT2D eigenvalue weighted by Gasteiger charge is 2.51. The number of halogens is 1. The van der Waals surface area contributed by atoms with Gasteiger partial charge in [-0.1, -0.05) is 84.4 Å². The van der Waals surface area contributed by atoms with Crippen molar-refractivity contribution in [2.45, 2.75) is 5.41 Å². The maximum absolute atomic E-state index is 6.82. The molecule has 1 aliphatic heterocycles. The molecule has 1 spiro atoms. The molecule has 1 aromatic heterocycles. The maximum Gasteiger partial charge on any atom is 0.132 e. The van der Waals surface area contributed by atoms with E-state index < -0.39 is 5.41 Å². The Bertz CT molecular complexity index is 1560. The molecule has 1 atom stereocenters. The quantitative estimate of drug-likeness (QED) is 0.257. The fraction of sp³-hybridized carbons (Fsp3) is 0.0333. The number of benzene rings is 4. The van der Waals surface area contributed by atoms with E-state index in [9.17, 15) is 0 Å². The molecule has 0 saturated carbocycles. The molecule has 2 nitrogen and oxygen atoms in total. The first-order valence-electron chi connectivity index (χ1n) is 11.0. The van der Waals surface area contributed by atoms with Gasteiger partial charge in [-0.2, -0.15) is 0 Å². The molecule has 1 unspecified atom stereocenters. The van der Waals surface area contributed by atoms with Crippen molar-refractivity contribution in [3.8, 4) is 33.9 Å². The number of para-hydroxylation sites is 1. The minimum absolute atomic E-state index is 0.496. The van der Waals surface area contributed by atoms with Gasteiger partial charge in [0.2, 0.25) is 0 Å². The number of ether oxygens (including phenoxy) is 1. The molecule has 5 aromatic rings. The highest BCUT2D eigenvalue weighted by molar-refractivity contribution is 6.34. The highest BCUT2D eigenvalue weighted by Crippen LogP contribution is 2.63. The van der Waals surface area contributed by atoms with E-state index in [2.05, 4.69) is 77.8 Å². The Labute approximate surface area is 197 Å². The van der Waals surface area contributed by atoms with E-state index in [-0.39, 0.29) is 0 Å². The van der Waals surface area contributed by atoms with Crippen LogP contribution < -0.4 is 4.74 Å². The average molecular weight is 444 g/mol. The molecule has 2 heterocycles. The number of hydrogen-bond acceptors (Lipinski definition) is 2. The van der Waals surface area contributed by atoms with Crippen LogP contribution in [0.25, 0.3) is 22.4 Å². The predicted octanol–water partition coefficient (Wildman–Crippen LogP) is 7.87. The van der Waals surface area contributed by atoms with Gasteiger partial charge in [0.1, 0.15) is 11.5 Å². The van der Waals surface area contributed by atoms with Crippen molar-refractivity contribution in [2.75, 3.05) is 0 Å². The van der Waals surface area contributed by atoms with Crippen LogP contribution in [-0.4, -0.2) is 4.98 Å². The SMILES string of the molecule is Clc1cccc2c1-c1ccccc1C21c2ccccc2Oc2cc(-c3ccccn3)ccc21. The molecule has 0 saturated heterocycles. The van der Waals surface area contributed by atoms with Gasteiger partial charge in [0.05, 0.1) is 11.1 Å². The molecule has 3 heteroatoms. The highest BCUT2D eigenvalue weighted by atomic mass is 35.5. The first-order chi connectivity index (χ1) is 16.3. The van der Waals surface area contributed by atoms with Crippen LogP contribution >= 0.6 is 11.6 Å². The number of aromatic nitrogens is 1. The molecule has 0 bridgehead atoms. The summed E-state index contributed by atoms with van der Waals surface area (Å²) in [6, 6.07) is 35.6. The van der Waals surface area contributed by atoms with E-state index in [4.69, 9.17) is 16.3 Å². The Morgan fingerprint density at radius 3 is 2.27 bits per heavy atom. The minimum Gasteiger partial charge on any atom is -0.457 e. The Kier molecular flexibility index (Phi) is 3.85. The zero-order valence-electron chi connectivity index (χ0n) is 17.6. The smallest absolute Gasteiger partial charge is 0.132 e. The Morgan fingerprint density at radius 1 is 0.636 bits per heavy atom. The van der Waals surface area contributed by atoms with Gasteiger partial charge in [-0.15, -0.1) is 0 Å². The van der Waals surface area contributed by atoms with Gasteiger partial charge >= 0.3 is 0 Å². The molecule has 1 aliphatic carbocycles. The van der Waals surface area contributed by atoms with E-state index >= 15 is 0 Å². The van der Waals surface area contributed by atoms with Crippen molar-refractivity contribution in [3.63, 3.8) is 0 Å². The molecule has 4 aromatic carbocycles. The van der Waals surface area contributed by atoms with Crippen molar-refractivity contribution < 1.29 is 4.74 Å². The van der Waals surface area contributed by atoms with Gasteiger partial charge in [0, 0.05) is 33.5 Å². The third-order valence-electron chi connectivity index (χ3n) is 6.88. The molecule has 156 valence electrons. The lowest BCUT2D eigenvalue weighted by molar-refractivity contribution is 0.436. The summed E-state index contributed by atoms with van der Waals surface area (Å²) >= 11 is 6.82. The summed E-state index contributed by atoms with van der Waals surface area (Å²) in [4.78, 5) is 4.54. The summed E-state index contributed by atoms with van der Waals surface area (Å²) in [5, 5.41) is 0.771. The van der Waals surface area contributed by atoms with E-state index in [1.54, 1.807) is 0 Å². The first kappa shape index (κ1) is 18.7. The average Bonchev–Trinajstić information content (AvgIpc) is 3.17. The van der Waals surface area contributed by atoms with Gasteiger partial charge in [-0.25, -0.2) is 0 Å². The Balaban J connectivity index is 1.61. The third kappa shape index (κ3) is 2.42. The molecular weight excluding hydrogens is 426 g/mol. The van der Waals surface area contributed by atoms with Crippen molar-refractivity contribution in [3.05, 3.63) is 137 Å².